The van der Waals surface area contributed by atoms with E-state index in [2.05, 4.69) is 76.5 Å². The fourth-order valence-electron chi connectivity index (χ4n) is 3.79. The molecular formula is C26H33N5O2. The summed E-state index contributed by atoms with van der Waals surface area (Å²) in [5.74, 6) is 2.61. The molecule has 1 unspecified atom stereocenters. The number of aliphatic imine (C=N–C) groups is 1. The molecule has 1 fully saturated rings. The zero-order valence-corrected chi connectivity index (χ0v) is 19.5. The van der Waals surface area contributed by atoms with Gasteiger partial charge in [0, 0.05) is 37.5 Å². The SMILES string of the molecule is CCNC(=NCc1ccc(C)cc1OC1CCOC1)NCc1nccn1Cc1ccccc1. The minimum absolute atomic E-state index is 0.115. The van der Waals surface area contributed by atoms with Crippen LogP contribution in [0.4, 0.5) is 0 Å². The van der Waals surface area contributed by atoms with E-state index >= 15 is 0 Å². The highest BCUT2D eigenvalue weighted by atomic mass is 16.5. The fourth-order valence-corrected chi connectivity index (χ4v) is 3.79. The van der Waals surface area contributed by atoms with Crippen molar-refractivity contribution in [2.45, 2.75) is 46.0 Å². The zero-order valence-electron chi connectivity index (χ0n) is 19.5. The van der Waals surface area contributed by atoms with Crippen molar-refractivity contribution >= 4 is 5.96 Å². The second-order valence-electron chi connectivity index (χ2n) is 8.22. The van der Waals surface area contributed by atoms with E-state index in [9.17, 15) is 0 Å². The van der Waals surface area contributed by atoms with Gasteiger partial charge in [0.05, 0.1) is 26.3 Å². The van der Waals surface area contributed by atoms with Gasteiger partial charge < -0.3 is 24.7 Å². The summed E-state index contributed by atoms with van der Waals surface area (Å²) in [4.78, 5) is 9.34. The van der Waals surface area contributed by atoms with E-state index in [4.69, 9.17) is 14.5 Å². The van der Waals surface area contributed by atoms with Gasteiger partial charge in [-0.3, -0.25) is 0 Å². The molecule has 1 aromatic heterocycles. The number of imidazole rings is 1. The van der Waals surface area contributed by atoms with Crippen molar-refractivity contribution in [1.29, 1.82) is 0 Å². The molecule has 33 heavy (non-hydrogen) atoms. The summed E-state index contributed by atoms with van der Waals surface area (Å²) in [6.07, 6.45) is 4.89. The second-order valence-corrected chi connectivity index (χ2v) is 8.22. The predicted molar refractivity (Wildman–Crippen MR) is 130 cm³/mol. The third-order valence-electron chi connectivity index (χ3n) is 5.57. The fraction of sp³-hybridized carbons (Fsp3) is 0.385. The van der Waals surface area contributed by atoms with Crippen molar-refractivity contribution in [1.82, 2.24) is 20.2 Å². The summed E-state index contributed by atoms with van der Waals surface area (Å²) in [5, 5.41) is 6.75. The molecule has 0 aliphatic carbocycles. The highest BCUT2D eigenvalue weighted by Crippen LogP contribution is 2.24. The molecule has 2 N–H and O–H groups in total. The maximum absolute atomic E-state index is 6.22. The first-order valence-corrected chi connectivity index (χ1v) is 11.6. The smallest absolute Gasteiger partial charge is 0.191 e. The van der Waals surface area contributed by atoms with E-state index in [1.54, 1.807) is 0 Å². The van der Waals surface area contributed by atoms with Gasteiger partial charge in [0.1, 0.15) is 17.7 Å². The molecule has 2 aromatic carbocycles. The van der Waals surface area contributed by atoms with Crippen LogP contribution in [-0.4, -0.2) is 41.4 Å². The quantitative estimate of drug-likeness (QED) is 0.387. The Morgan fingerprint density at radius 3 is 2.88 bits per heavy atom. The molecule has 2 heterocycles. The summed E-state index contributed by atoms with van der Waals surface area (Å²) in [6.45, 7) is 8.23. The Labute approximate surface area is 195 Å². The molecular weight excluding hydrogens is 414 g/mol. The number of aryl methyl sites for hydroxylation is 1. The lowest BCUT2D eigenvalue weighted by Crippen LogP contribution is -2.37. The lowest BCUT2D eigenvalue weighted by atomic mass is 10.1. The molecule has 1 aliphatic heterocycles. The molecule has 174 valence electrons. The van der Waals surface area contributed by atoms with Gasteiger partial charge in [-0.25, -0.2) is 9.98 Å². The van der Waals surface area contributed by atoms with E-state index in [0.29, 0.717) is 19.7 Å². The number of guanidine groups is 1. The van der Waals surface area contributed by atoms with Crippen LogP contribution in [0, 0.1) is 6.92 Å². The molecule has 7 nitrogen and oxygen atoms in total. The van der Waals surface area contributed by atoms with Crippen LogP contribution in [0.15, 0.2) is 65.9 Å². The van der Waals surface area contributed by atoms with Crippen LogP contribution in [0.2, 0.25) is 0 Å². The number of hydrogen-bond donors (Lipinski definition) is 2. The van der Waals surface area contributed by atoms with Crippen molar-refractivity contribution in [2.24, 2.45) is 4.99 Å². The Balaban J connectivity index is 1.41. The number of nitrogens with zero attached hydrogens (tertiary/aromatic N) is 3. The lowest BCUT2D eigenvalue weighted by molar-refractivity contribution is 0.140. The predicted octanol–water partition coefficient (Wildman–Crippen LogP) is 3.66. The van der Waals surface area contributed by atoms with Crippen LogP contribution in [-0.2, 0) is 24.4 Å². The Bertz CT molecular complexity index is 1040. The summed E-state index contributed by atoms with van der Waals surface area (Å²) in [5.41, 5.74) is 3.49. The van der Waals surface area contributed by atoms with E-state index in [-0.39, 0.29) is 6.10 Å². The molecule has 1 aliphatic rings. The van der Waals surface area contributed by atoms with Gasteiger partial charge in [0.2, 0.25) is 0 Å². The van der Waals surface area contributed by atoms with Crippen LogP contribution in [0.25, 0.3) is 0 Å². The first-order valence-electron chi connectivity index (χ1n) is 11.6. The Morgan fingerprint density at radius 1 is 1.21 bits per heavy atom. The molecule has 0 saturated carbocycles. The van der Waals surface area contributed by atoms with Crippen LogP contribution < -0.4 is 15.4 Å². The standard InChI is InChI=1S/C26H33N5O2/c1-3-27-26(30-17-25-28-12-13-31(25)18-21-7-5-4-6-8-21)29-16-22-10-9-20(2)15-24(22)33-23-11-14-32-19-23/h4-10,12-13,15,23H,3,11,14,16-19H2,1-2H3,(H2,27,29,30). The monoisotopic (exact) mass is 447 g/mol. The Hall–Kier alpha value is -3.32. The number of rotatable bonds is 9. The van der Waals surface area contributed by atoms with Crippen LogP contribution in [0.3, 0.4) is 0 Å². The topological polar surface area (TPSA) is 72.7 Å². The number of ether oxygens (including phenoxy) is 2. The van der Waals surface area contributed by atoms with Crippen molar-refractivity contribution in [3.8, 4) is 5.75 Å². The van der Waals surface area contributed by atoms with Gasteiger partial charge in [0.25, 0.3) is 0 Å². The first kappa shape index (κ1) is 22.9. The highest BCUT2D eigenvalue weighted by molar-refractivity contribution is 5.79. The average molecular weight is 448 g/mol. The van der Waals surface area contributed by atoms with Gasteiger partial charge in [-0.1, -0.05) is 42.5 Å². The third-order valence-corrected chi connectivity index (χ3v) is 5.57. The van der Waals surface area contributed by atoms with Gasteiger partial charge in [0.15, 0.2) is 5.96 Å². The van der Waals surface area contributed by atoms with E-state index in [1.807, 2.05) is 18.5 Å². The van der Waals surface area contributed by atoms with Gasteiger partial charge in [-0.2, -0.15) is 0 Å². The Kier molecular flexibility index (Phi) is 7.98. The molecule has 4 rings (SSSR count). The zero-order chi connectivity index (χ0) is 22.9. The van der Waals surface area contributed by atoms with Crippen molar-refractivity contribution in [3.63, 3.8) is 0 Å². The molecule has 0 amide bonds. The first-order chi connectivity index (χ1) is 16.2. The van der Waals surface area contributed by atoms with Crippen molar-refractivity contribution < 1.29 is 9.47 Å². The van der Waals surface area contributed by atoms with Gasteiger partial charge >= 0.3 is 0 Å². The maximum Gasteiger partial charge on any atom is 0.191 e. The molecule has 1 saturated heterocycles. The minimum Gasteiger partial charge on any atom is -0.488 e. The van der Waals surface area contributed by atoms with E-state index in [0.717, 1.165) is 49.2 Å². The molecule has 0 bridgehead atoms. The van der Waals surface area contributed by atoms with Crippen LogP contribution in [0.5, 0.6) is 5.75 Å². The number of aromatic nitrogens is 2. The summed E-state index contributed by atoms with van der Waals surface area (Å²) >= 11 is 0. The average Bonchev–Trinajstić information content (AvgIpc) is 3.49. The van der Waals surface area contributed by atoms with Crippen molar-refractivity contribution in [2.75, 3.05) is 19.8 Å². The normalized spacial score (nSPS) is 16.1. The highest BCUT2D eigenvalue weighted by Gasteiger charge is 2.18. The van der Waals surface area contributed by atoms with Crippen LogP contribution >= 0.6 is 0 Å². The van der Waals surface area contributed by atoms with E-state index in [1.165, 1.54) is 11.1 Å². The number of hydrogen-bond acceptors (Lipinski definition) is 4. The second kappa shape index (κ2) is 11.5. The number of benzene rings is 2. The molecule has 0 radical (unpaired) electrons. The lowest BCUT2D eigenvalue weighted by Gasteiger charge is -2.16. The number of nitrogens with one attached hydrogen (secondary N) is 2. The summed E-state index contributed by atoms with van der Waals surface area (Å²) in [6, 6.07) is 16.7. The molecule has 7 heteroatoms. The maximum atomic E-state index is 6.22. The van der Waals surface area contributed by atoms with Gasteiger partial charge in [-0.15, -0.1) is 0 Å². The van der Waals surface area contributed by atoms with Crippen LogP contribution in [0.1, 0.15) is 35.9 Å². The summed E-state index contributed by atoms with van der Waals surface area (Å²) < 4.78 is 13.8. The van der Waals surface area contributed by atoms with Gasteiger partial charge in [-0.05, 0) is 31.0 Å². The van der Waals surface area contributed by atoms with Crippen molar-refractivity contribution in [3.05, 3.63) is 83.4 Å². The Morgan fingerprint density at radius 2 is 2.09 bits per heavy atom. The minimum atomic E-state index is 0.115. The molecule has 0 spiro atoms. The molecule has 1 atom stereocenters. The molecule has 3 aromatic rings. The third kappa shape index (κ3) is 6.58. The van der Waals surface area contributed by atoms with E-state index < -0.39 is 0 Å². The largest absolute Gasteiger partial charge is 0.488 e. The summed E-state index contributed by atoms with van der Waals surface area (Å²) in [7, 11) is 0.